The Morgan fingerprint density at radius 3 is 2.16 bits per heavy atom. The third-order valence-corrected chi connectivity index (χ3v) is 9.32. The molecule has 43 heavy (non-hydrogen) atoms. The summed E-state index contributed by atoms with van der Waals surface area (Å²) < 4.78 is 10.5. The molecule has 1 N–H and O–H groups in total. The van der Waals surface area contributed by atoms with Gasteiger partial charge in [-0.3, -0.25) is 9.59 Å². The van der Waals surface area contributed by atoms with Crippen LogP contribution < -0.4 is 10.1 Å². The van der Waals surface area contributed by atoms with Gasteiger partial charge in [0, 0.05) is 38.6 Å². The minimum atomic E-state index is -1.25. The number of ether oxygens (including phenoxy) is 2. The molecule has 5 rings (SSSR count). The number of rotatable bonds is 10. The van der Waals surface area contributed by atoms with E-state index in [0.717, 1.165) is 57.3 Å². The second kappa shape index (κ2) is 13.0. The van der Waals surface area contributed by atoms with E-state index in [1.165, 1.54) is 7.11 Å². The van der Waals surface area contributed by atoms with Crippen molar-refractivity contribution >= 4 is 17.8 Å². The number of nitrogens with zero attached hydrogens (tertiary/aromatic N) is 4. The van der Waals surface area contributed by atoms with Gasteiger partial charge >= 0.3 is 12.0 Å². The van der Waals surface area contributed by atoms with E-state index in [1.807, 2.05) is 23.1 Å². The Hall–Kier alpha value is -3.53. The molecule has 2 unspecified atom stereocenters. The standard InChI is InChI=1S/C33H45N5O5/c1-21-28(22(2)35-32(34-21)43-33(3,4)31(41)42-5)30(40)38-19-25-17-37(18-26(25)20-38)16-15-27(23-11-7-6-8-12-23)36-29(39)24-13-9-10-14-24/h6-8,11-12,24-27H,9-10,13-20H2,1-5H3,(H,36,39)/t25?,26?,27-/m0/s1. The van der Waals surface area contributed by atoms with Crippen molar-refractivity contribution in [1.29, 1.82) is 0 Å². The van der Waals surface area contributed by atoms with Crippen LogP contribution in [0.15, 0.2) is 30.3 Å². The molecule has 1 saturated carbocycles. The Kier molecular flexibility index (Phi) is 9.34. The Morgan fingerprint density at radius 2 is 1.58 bits per heavy atom. The number of likely N-dealkylation sites (tertiary alicyclic amines) is 2. The number of benzene rings is 1. The molecule has 1 aromatic carbocycles. The van der Waals surface area contributed by atoms with Crippen LogP contribution in [0.4, 0.5) is 0 Å². The first-order valence-corrected chi connectivity index (χ1v) is 15.5. The molecule has 1 aromatic heterocycles. The number of fused-ring (bicyclic) bond motifs is 1. The molecule has 3 atom stereocenters. The minimum absolute atomic E-state index is 0.00362. The van der Waals surface area contributed by atoms with Gasteiger partial charge in [0.1, 0.15) is 0 Å². The third-order valence-electron chi connectivity index (χ3n) is 9.32. The molecule has 3 aliphatic rings. The van der Waals surface area contributed by atoms with E-state index in [4.69, 9.17) is 9.47 Å². The van der Waals surface area contributed by atoms with E-state index in [2.05, 4.69) is 32.3 Å². The molecule has 10 nitrogen and oxygen atoms in total. The van der Waals surface area contributed by atoms with Crippen molar-refractivity contribution in [2.24, 2.45) is 17.8 Å². The minimum Gasteiger partial charge on any atom is -0.466 e. The van der Waals surface area contributed by atoms with E-state index in [1.54, 1.807) is 27.7 Å². The number of aryl methyl sites for hydroxylation is 2. The first kappa shape index (κ1) is 30.9. The maximum atomic E-state index is 13.6. The molecule has 3 heterocycles. The highest BCUT2D eigenvalue weighted by atomic mass is 16.6. The summed E-state index contributed by atoms with van der Waals surface area (Å²) in [6.45, 7) is 10.9. The molecule has 0 spiro atoms. The van der Waals surface area contributed by atoms with E-state index in [0.29, 0.717) is 41.9 Å². The third kappa shape index (κ3) is 7.00. The molecule has 1 aliphatic carbocycles. The van der Waals surface area contributed by atoms with Crippen molar-refractivity contribution in [3.8, 4) is 6.01 Å². The average Bonchev–Trinajstić information content (AvgIpc) is 3.72. The van der Waals surface area contributed by atoms with Gasteiger partial charge in [-0.1, -0.05) is 43.2 Å². The van der Waals surface area contributed by atoms with E-state index in [-0.39, 0.29) is 29.8 Å². The topological polar surface area (TPSA) is 114 Å². The Balaban J connectivity index is 1.17. The molecule has 2 aromatic rings. The summed E-state index contributed by atoms with van der Waals surface area (Å²) in [5.41, 5.74) is 1.45. The summed E-state index contributed by atoms with van der Waals surface area (Å²) in [6.07, 6.45) is 5.14. The lowest BCUT2D eigenvalue weighted by Gasteiger charge is -2.26. The van der Waals surface area contributed by atoms with Gasteiger partial charge in [0.15, 0.2) is 0 Å². The summed E-state index contributed by atoms with van der Waals surface area (Å²) in [4.78, 5) is 51.8. The highest BCUT2D eigenvalue weighted by Crippen LogP contribution is 2.34. The molecule has 232 valence electrons. The molecule has 2 aliphatic heterocycles. The summed E-state index contributed by atoms with van der Waals surface area (Å²) >= 11 is 0. The second-order valence-electron chi connectivity index (χ2n) is 12.9. The SMILES string of the molecule is COC(=O)C(C)(C)Oc1nc(C)c(C(=O)N2CC3CN(CC[C@H](NC(=O)C4CCCC4)c4ccccc4)CC3C2)c(C)n1. The first-order chi connectivity index (χ1) is 20.6. The molecule has 10 heteroatoms. The predicted octanol–water partition coefficient (Wildman–Crippen LogP) is 3.87. The van der Waals surface area contributed by atoms with Crippen LogP contribution in [0, 0.1) is 31.6 Å². The lowest BCUT2D eigenvalue weighted by molar-refractivity contribution is -0.156. The Labute approximate surface area is 254 Å². The van der Waals surface area contributed by atoms with Crippen LogP contribution in [0.1, 0.15) is 79.3 Å². The first-order valence-electron chi connectivity index (χ1n) is 15.5. The number of esters is 1. The highest BCUT2D eigenvalue weighted by molar-refractivity contribution is 5.96. The zero-order chi connectivity index (χ0) is 30.7. The van der Waals surface area contributed by atoms with Gasteiger partial charge in [-0.2, -0.15) is 9.97 Å². The largest absolute Gasteiger partial charge is 0.466 e. The summed E-state index contributed by atoms with van der Waals surface area (Å²) in [7, 11) is 1.30. The Morgan fingerprint density at radius 1 is 0.977 bits per heavy atom. The quantitative estimate of drug-likeness (QED) is 0.415. The van der Waals surface area contributed by atoms with Crippen LogP contribution in [0.3, 0.4) is 0 Å². The lowest BCUT2D eigenvalue weighted by atomic mass is 10.0. The summed E-state index contributed by atoms with van der Waals surface area (Å²) in [6, 6.07) is 10.3. The van der Waals surface area contributed by atoms with Gasteiger partial charge in [0.05, 0.1) is 30.1 Å². The van der Waals surface area contributed by atoms with Crippen LogP contribution in [-0.4, -0.2) is 83.0 Å². The van der Waals surface area contributed by atoms with Crippen molar-refractivity contribution < 1.29 is 23.9 Å². The number of methoxy groups -OCH3 is 1. The van der Waals surface area contributed by atoms with Crippen LogP contribution in [0.5, 0.6) is 6.01 Å². The molecule has 0 radical (unpaired) electrons. The number of carbonyl (C=O) groups is 3. The molecule has 2 saturated heterocycles. The summed E-state index contributed by atoms with van der Waals surface area (Å²) in [5, 5.41) is 3.36. The fraction of sp³-hybridized carbons (Fsp3) is 0.606. The maximum absolute atomic E-state index is 13.6. The van der Waals surface area contributed by atoms with Crippen LogP contribution in [-0.2, 0) is 14.3 Å². The number of hydrogen-bond donors (Lipinski definition) is 1. The monoisotopic (exact) mass is 591 g/mol. The number of hydrogen-bond acceptors (Lipinski definition) is 8. The van der Waals surface area contributed by atoms with Gasteiger partial charge in [-0.05, 0) is 64.4 Å². The lowest BCUT2D eigenvalue weighted by Crippen LogP contribution is -2.40. The zero-order valence-corrected chi connectivity index (χ0v) is 26.1. The van der Waals surface area contributed by atoms with Crippen molar-refractivity contribution in [2.75, 3.05) is 39.8 Å². The highest BCUT2D eigenvalue weighted by Gasteiger charge is 2.42. The molecular weight excluding hydrogens is 546 g/mol. The van der Waals surface area contributed by atoms with E-state index < -0.39 is 11.6 Å². The van der Waals surface area contributed by atoms with Crippen LogP contribution in [0.2, 0.25) is 0 Å². The maximum Gasteiger partial charge on any atom is 0.349 e. The van der Waals surface area contributed by atoms with E-state index >= 15 is 0 Å². The number of amides is 2. The second-order valence-corrected chi connectivity index (χ2v) is 12.9. The zero-order valence-electron chi connectivity index (χ0n) is 26.1. The number of nitrogens with one attached hydrogen (secondary N) is 1. The van der Waals surface area contributed by atoms with Gasteiger partial charge in [-0.15, -0.1) is 0 Å². The van der Waals surface area contributed by atoms with Crippen molar-refractivity contribution in [3.63, 3.8) is 0 Å². The van der Waals surface area contributed by atoms with Crippen molar-refractivity contribution in [2.45, 2.75) is 71.4 Å². The molecule has 0 bridgehead atoms. The molecular formula is C33H45N5O5. The van der Waals surface area contributed by atoms with Crippen LogP contribution >= 0.6 is 0 Å². The van der Waals surface area contributed by atoms with Gasteiger partial charge in [0.25, 0.3) is 5.91 Å². The van der Waals surface area contributed by atoms with Gasteiger partial charge in [0.2, 0.25) is 11.5 Å². The van der Waals surface area contributed by atoms with Crippen LogP contribution in [0.25, 0.3) is 0 Å². The average molecular weight is 592 g/mol. The normalized spacial score (nSPS) is 21.5. The number of aromatic nitrogens is 2. The molecule has 3 fully saturated rings. The Bertz CT molecular complexity index is 1290. The molecule has 2 amide bonds. The van der Waals surface area contributed by atoms with Crippen molar-refractivity contribution in [3.05, 3.63) is 52.8 Å². The number of carbonyl (C=O) groups excluding carboxylic acids is 3. The fourth-order valence-electron chi connectivity index (χ4n) is 6.95. The smallest absolute Gasteiger partial charge is 0.349 e. The van der Waals surface area contributed by atoms with Crippen molar-refractivity contribution in [1.82, 2.24) is 25.1 Å². The van der Waals surface area contributed by atoms with Gasteiger partial charge < -0.3 is 24.6 Å². The fourth-order valence-corrected chi connectivity index (χ4v) is 6.95. The predicted molar refractivity (Wildman–Crippen MR) is 161 cm³/mol. The summed E-state index contributed by atoms with van der Waals surface area (Å²) in [5.74, 6) is 0.575. The van der Waals surface area contributed by atoms with E-state index in [9.17, 15) is 14.4 Å². The van der Waals surface area contributed by atoms with Gasteiger partial charge in [-0.25, -0.2) is 4.79 Å².